The Morgan fingerprint density at radius 1 is 0.880 bits per heavy atom. The van der Waals surface area contributed by atoms with Gasteiger partial charge in [0.2, 0.25) is 0 Å². The Labute approximate surface area is 149 Å². The Balaban J connectivity index is 2.01. The van der Waals surface area contributed by atoms with Crippen LogP contribution in [0.1, 0.15) is 37.5 Å². The van der Waals surface area contributed by atoms with E-state index in [1.165, 1.54) is 27.6 Å². The van der Waals surface area contributed by atoms with Gasteiger partial charge in [-0.3, -0.25) is 0 Å². The SMILES string of the molecule is [B]C1(C)C=Cc2c3c(c4ccccc4c2O1)C(C)(C)c1ccccc1-3. The zero-order valence-corrected chi connectivity index (χ0v) is 14.8. The predicted octanol–water partition coefficient (Wildman–Crippen LogP) is 5.44. The van der Waals surface area contributed by atoms with E-state index >= 15 is 0 Å². The molecule has 1 nitrogen and oxygen atoms in total. The second kappa shape index (κ2) is 4.57. The third kappa shape index (κ3) is 1.85. The van der Waals surface area contributed by atoms with Gasteiger partial charge < -0.3 is 4.74 Å². The zero-order valence-electron chi connectivity index (χ0n) is 14.8. The molecule has 0 N–H and O–H groups in total. The van der Waals surface area contributed by atoms with Crippen LogP contribution in [0, 0.1) is 0 Å². The Morgan fingerprint density at radius 3 is 2.36 bits per heavy atom. The number of benzene rings is 3. The highest BCUT2D eigenvalue weighted by atomic mass is 16.5. The lowest BCUT2D eigenvalue weighted by Gasteiger charge is -2.32. The molecule has 0 aromatic heterocycles. The van der Waals surface area contributed by atoms with Crippen molar-refractivity contribution in [2.24, 2.45) is 0 Å². The summed E-state index contributed by atoms with van der Waals surface area (Å²) < 4.78 is 6.23. The Bertz CT molecular complexity index is 1070. The number of ether oxygens (including phenoxy) is 1. The van der Waals surface area contributed by atoms with Gasteiger partial charge in [0.05, 0.1) is 5.50 Å². The highest BCUT2D eigenvalue weighted by Crippen LogP contribution is 2.56. The molecule has 3 aromatic rings. The fourth-order valence-corrected chi connectivity index (χ4v) is 4.51. The van der Waals surface area contributed by atoms with Gasteiger partial charge in [-0.2, -0.15) is 0 Å². The monoisotopic (exact) mass is 322 g/mol. The molecular formula is C23H19BO. The Morgan fingerprint density at radius 2 is 1.56 bits per heavy atom. The Hall–Kier alpha value is -2.48. The van der Waals surface area contributed by atoms with Gasteiger partial charge in [0, 0.05) is 16.4 Å². The van der Waals surface area contributed by atoms with Gasteiger partial charge in [0.15, 0.2) is 0 Å². The van der Waals surface area contributed by atoms with Crippen molar-refractivity contribution in [1.29, 1.82) is 0 Å². The normalized spacial score (nSPS) is 22.2. The van der Waals surface area contributed by atoms with E-state index in [2.05, 4.69) is 68.5 Å². The second-order valence-electron chi connectivity index (χ2n) is 7.83. The van der Waals surface area contributed by atoms with E-state index in [9.17, 15) is 0 Å². The highest BCUT2D eigenvalue weighted by Gasteiger charge is 2.40. The van der Waals surface area contributed by atoms with Gasteiger partial charge in [0.1, 0.15) is 13.6 Å². The first-order valence-corrected chi connectivity index (χ1v) is 8.76. The van der Waals surface area contributed by atoms with Crippen LogP contribution in [0.5, 0.6) is 5.75 Å². The summed E-state index contributed by atoms with van der Waals surface area (Å²) in [6, 6.07) is 17.2. The summed E-state index contributed by atoms with van der Waals surface area (Å²) in [6.07, 6.45) is 4.10. The van der Waals surface area contributed by atoms with Gasteiger partial charge in [-0.25, -0.2) is 0 Å². The van der Waals surface area contributed by atoms with Crippen molar-refractivity contribution in [3.05, 3.63) is 71.3 Å². The van der Waals surface area contributed by atoms with E-state index in [1.807, 2.05) is 13.0 Å². The third-order valence-electron chi connectivity index (χ3n) is 5.60. The van der Waals surface area contributed by atoms with E-state index in [0.29, 0.717) is 0 Å². The van der Waals surface area contributed by atoms with Crippen LogP contribution >= 0.6 is 0 Å². The van der Waals surface area contributed by atoms with Crippen molar-refractivity contribution in [3.63, 3.8) is 0 Å². The smallest absolute Gasteiger partial charge is 0.137 e. The topological polar surface area (TPSA) is 9.23 Å². The zero-order chi connectivity index (χ0) is 17.4. The maximum atomic E-state index is 6.27. The molecule has 0 spiro atoms. The molecule has 1 heterocycles. The molecular weight excluding hydrogens is 303 g/mol. The van der Waals surface area contributed by atoms with Crippen molar-refractivity contribution in [2.45, 2.75) is 31.7 Å². The third-order valence-corrected chi connectivity index (χ3v) is 5.60. The molecule has 120 valence electrons. The van der Waals surface area contributed by atoms with Crippen molar-refractivity contribution in [1.82, 2.24) is 0 Å². The first-order chi connectivity index (χ1) is 11.9. The van der Waals surface area contributed by atoms with Crippen LogP contribution in [0.15, 0.2) is 54.6 Å². The average Bonchev–Trinajstić information content (AvgIpc) is 2.83. The van der Waals surface area contributed by atoms with Crippen molar-refractivity contribution < 1.29 is 4.74 Å². The Kier molecular flexibility index (Phi) is 2.71. The van der Waals surface area contributed by atoms with Gasteiger partial charge in [-0.05, 0) is 34.6 Å². The van der Waals surface area contributed by atoms with Crippen molar-refractivity contribution in [2.75, 3.05) is 0 Å². The molecule has 2 radical (unpaired) electrons. The fourth-order valence-electron chi connectivity index (χ4n) is 4.51. The van der Waals surface area contributed by atoms with Crippen LogP contribution in [0.3, 0.4) is 0 Å². The van der Waals surface area contributed by atoms with Crippen LogP contribution in [0.4, 0.5) is 0 Å². The lowest BCUT2D eigenvalue weighted by Crippen LogP contribution is -2.32. The summed E-state index contributed by atoms with van der Waals surface area (Å²) in [5, 5.41) is 2.39. The van der Waals surface area contributed by atoms with Gasteiger partial charge in [-0.15, -0.1) is 0 Å². The van der Waals surface area contributed by atoms with Crippen LogP contribution in [-0.4, -0.2) is 13.3 Å². The number of rotatable bonds is 0. The number of fused-ring (bicyclic) bond motifs is 8. The molecule has 0 amide bonds. The molecule has 0 bridgehead atoms. The minimum atomic E-state index is -0.780. The molecule has 1 aliphatic heterocycles. The summed E-state index contributed by atoms with van der Waals surface area (Å²) in [6.45, 7) is 6.53. The molecule has 1 unspecified atom stereocenters. The summed E-state index contributed by atoms with van der Waals surface area (Å²) in [5.41, 5.74) is 5.68. The summed E-state index contributed by atoms with van der Waals surface area (Å²) >= 11 is 0. The largest absolute Gasteiger partial charge is 0.492 e. The molecule has 5 rings (SSSR count). The summed E-state index contributed by atoms with van der Waals surface area (Å²) in [5.74, 6) is 0.898. The molecule has 2 aliphatic rings. The highest BCUT2D eigenvalue weighted by molar-refractivity contribution is 6.17. The van der Waals surface area contributed by atoms with E-state index in [4.69, 9.17) is 12.6 Å². The lowest BCUT2D eigenvalue weighted by molar-refractivity contribution is 0.227. The molecule has 0 fully saturated rings. The fraction of sp³-hybridized carbons (Fsp3) is 0.217. The molecule has 1 atom stereocenters. The first-order valence-electron chi connectivity index (χ1n) is 8.76. The van der Waals surface area contributed by atoms with Crippen molar-refractivity contribution >= 4 is 24.7 Å². The van der Waals surface area contributed by atoms with Gasteiger partial charge >= 0.3 is 0 Å². The first kappa shape index (κ1) is 14.8. The van der Waals surface area contributed by atoms with Crippen LogP contribution in [-0.2, 0) is 5.41 Å². The van der Waals surface area contributed by atoms with Gasteiger partial charge in [-0.1, -0.05) is 74.5 Å². The summed E-state index contributed by atoms with van der Waals surface area (Å²) in [4.78, 5) is 0. The lowest BCUT2D eigenvalue weighted by atomic mass is 9.77. The maximum Gasteiger partial charge on any atom is 0.137 e. The second-order valence-corrected chi connectivity index (χ2v) is 7.83. The minimum absolute atomic E-state index is 0.0438. The van der Waals surface area contributed by atoms with Crippen molar-refractivity contribution in [3.8, 4) is 16.9 Å². The molecule has 25 heavy (non-hydrogen) atoms. The van der Waals surface area contributed by atoms with E-state index in [0.717, 1.165) is 16.7 Å². The number of hydrogen-bond acceptors (Lipinski definition) is 1. The number of hydrogen-bond donors (Lipinski definition) is 0. The molecule has 0 saturated heterocycles. The standard InChI is InChI=1S/C23H19BO/c1-22(2)18-11-7-6-10-16(18)19-17-12-13-23(3,24)25-21(17)15-9-5-4-8-14(15)20(19)22/h4-13H,1-3H3. The molecule has 1 aliphatic carbocycles. The predicted molar refractivity (Wildman–Crippen MR) is 105 cm³/mol. The van der Waals surface area contributed by atoms with E-state index in [-0.39, 0.29) is 5.41 Å². The summed E-state index contributed by atoms with van der Waals surface area (Å²) in [7, 11) is 6.27. The van der Waals surface area contributed by atoms with E-state index in [1.54, 1.807) is 0 Å². The average molecular weight is 322 g/mol. The minimum Gasteiger partial charge on any atom is -0.492 e. The van der Waals surface area contributed by atoms with Gasteiger partial charge in [0.25, 0.3) is 0 Å². The molecule has 2 heteroatoms. The van der Waals surface area contributed by atoms with E-state index < -0.39 is 5.50 Å². The molecule has 3 aromatic carbocycles. The quantitative estimate of drug-likeness (QED) is 0.501. The molecule has 0 saturated carbocycles. The van der Waals surface area contributed by atoms with Crippen LogP contribution < -0.4 is 4.74 Å². The van der Waals surface area contributed by atoms with Crippen LogP contribution in [0.25, 0.3) is 28.0 Å². The maximum absolute atomic E-state index is 6.27. The van der Waals surface area contributed by atoms with Crippen LogP contribution in [0.2, 0.25) is 0 Å².